The first-order valence-corrected chi connectivity index (χ1v) is 17.6. The van der Waals surface area contributed by atoms with Crippen molar-refractivity contribution in [3.05, 3.63) is 119 Å². The molecule has 4 rings (SSSR count). The second kappa shape index (κ2) is 15.6. The molecule has 0 radical (unpaired) electrons. The zero-order chi connectivity index (χ0) is 34.1. The second-order valence-corrected chi connectivity index (χ2v) is 14.2. The van der Waals surface area contributed by atoms with Crippen LogP contribution < -0.4 is 14.3 Å². The van der Waals surface area contributed by atoms with E-state index in [2.05, 4.69) is 14.7 Å². The van der Waals surface area contributed by atoms with Crippen LogP contribution in [0.3, 0.4) is 0 Å². The van der Waals surface area contributed by atoms with Gasteiger partial charge in [0.15, 0.2) is 5.78 Å². The summed E-state index contributed by atoms with van der Waals surface area (Å²) >= 11 is 0. The highest BCUT2D eigenvalue weighted by Crippen LogP contribution is 2.22. The number of carbonyl (C=O) groups excluding carboxylic acids is 2. The third-order valence-corrected chi connectivity index (χ3v) is 8.85. The van der Waals surface area contributed by atoms with Gasteiger partial charge in [0.2, 0.25) is 20.0 Å². The lowest BCUT2D eigenvalue weighted by molar-refractivity contribution is 0.0600. The van der Waals surface area contributed by atoms with Crippen molar-refractivity contribution >= 4 is 43.2 Å². The van der Waals surface area contributed by atoms with Crippen LogP contribution in [0.5, 0.6) is 0 Å². The Morgan fingerprint density at radius 3 is 1.48 bits per heavy atom. The van der Waals surface area contributed by atoms with Crippen LogP contribution >= 0.6 is 0 Å². The van der Waals surface area contributed by atoms with E-state index in [0.717, 1.165) is 23.6 Å². The highest BCUT2D eigenvalue weighted by molar-refractivity contribution is 7.92. The van der Waals surface area contributed by atoms with Crippen molar-refractivity contribution < 1.29 is 31.2 Å². The highest BCUT2D eigenvalue weighted by Gasteiger charge is 2.20. The van der Waals surface area contributed by atoms with Crippen LogP contribution in [0.2, 0.25) is 0 Å². The van der Waals surface area contributed by atoms with Crippen molar-refractivity contribution in [2.45, 2.75) is 26.9 Å². The van der Waals surface area contributed by atoms with Crippen molar-refractivity contribution in [3.63, 3.8) is 0 Å². The molecule has 12 nitrogen and oxygen atoms in total. The molecule has 0 aliphatic carbocycles. The number of hydrogen-bond donors (Lipinski definition) is 1. The summed E-state index contributed by atoms with van der Waals surface area (Å²) in [5, 5.41) is 0. The summed E-state index contributed by atoms with van der Waals surface area (Å²) in [6.07, 6.45) is 5.10. The maximum atomic E-state index is 12.1. The van der Waals surface area contributed by atoms with E-state index in [-0.39, 0.29) is 25.4 Å². The number of aryl methyl sites for hydroxylation is 2. The molecule has 0 amide bonds. The van der Waals surface area contributed by atoms with Crippen LogP contribution in [0.4, 0.5) is 11.4 Å². The normalized spacial score (nSPS) is 11.2. The number of nitrogens with zero attached hydrogens (tertiary/aromatic N) is 4. The second-order valence-electron chi connectivity index (χ2n) is 10.4. The quantitative estimate of drug-likeness (QED) is 0.184. The summed E-state index contributed by atoms with van der Waals surface area (Å²) in [5.41, 5.74) is 10.2. The number of ether oxygens (including phenoxy) is 1. The van der Waals surface area contributed by atoms with Crippen LogP contribution in [0.25, 0.3) is 0 Å². The Morgan fingerprint density at radius 2 is 1.15 bits per heavy atom. The monoisotopic (exact) mass is 667 g/mol. The van der Waals surface area contributed by atoms with E-state index in [4.69, 9.17) is 5.73 Å². The van der Waals surface area contributed by atoms with Crippen LogP contribution in [-0.4, -0.2) is 64.7 Å². The first-order chi connectivity index (χ1) is 21.6. The number of aromatic nitrogens is 2. The summed E-state index contributed by atoms with van der Waals surface area (Å²) in [4.78, 5) is 31.2. The molecular formula is C32H37N5O7S2. The molecule has 244 valence electrons. The number of methoxy groups -OCH3 is 1. The maximum Gasteiger partial charge on any atom is 0.339 e. The van der Waals surface area contributed by atoms with Gasteiger partial charge in [-0.2, -0.15) is 0 Å². The van der Waals surface area contributed by atoms with E-state index >= 15 is 0 Å². The molecule has 14 heteroatoms. The van der Waals surface area contributed by atoms with E-state index in [1.807, 2.05) is 26.0 Å². The number of esters is 1. The predicted molar refractivity (Wildman–Crippen MR) is 178 cm³/mol. The number of benzene rings is 2. The molecule has 2 heterocycles. The minimum absolute atomic E-state index is 0.0835. The van der Waals surface area contributed by atoms with Crippen LogP contribution in [-0.2, 0) is 37.9 Å². The third-order valence-electron chi connectivity index (χ3n) is 6.57. The largest absolute Gasteiger partial charge is 0.465 e. The van der Waals surface area contributed by atoms with Gasteiger partial charge in [-0.05, 0) is 73.5 Å². The van der Waals surface area contributed by atoms with Gasteiger partial charge < -0.3 is 10.5 Å². The Hall–Kier alpha value is -4.66. The van der Waals surface area contributed by atoms with E-state index in [9.17, 15) is 26.4 Å². The lowest BCUT2D eigenvalue weighted by atomic mass is 10.2. The van der Waals surface area contributed by atoms with Crippen LogP contribution in [0.1, 0.15) is 43.2 Å². The number of sulfonamides is 2. The van der Waals surface area contributed by atoms with Gasteiger partial charge >= 0.3 is 5.97 Å². The number of anilines is 2. The maximum absolute atomic E-state index is 12.1. The van der Waals surface area contributed by atoms with Gasteiger partial charge in [0.1, 0.15) is 0 Å². The topological polar surface area (TPSA) is 170 Å². The summed E-state index contributed by atoms with van der Waals surface area (Å²) in [6.45, 7) is 3.89. The van der Waals surface area contributed by atoms with Gasteiger partial charge in [0.25, 0.3) is 0 Å². The summed E-state index contributed by atoms with van der Waals surface area (Å²) in [7, 11) is -5.63. The Labute approximate surface area is 270 Å². The summed E-state index contributed by atoms with van der Waals surface area (Å²) in [5.74, 6) is -0.689. The lowest BCUT2D eigenvalue weighted by Crippen LogP contribution is -2.29. The minimum Gasteiger partial charge on any atom is -0.465 e. The molecule has 2 N–H and O–H groups in total. The molecular weight excluding hydrogens is 631 g/mol. The Morgan fingerprint density at radius 1 is 0.717 bits per heavy atom. The SMILES string of the molecule is COC(=O)c1ccc(CN(c2cccc(C)c2)S(C)(=O)=O)nc1.Cc1cccc(N(Cc2ccc(C(=O)CN)cn2)S(C)(=O)=O)c1. The fraction of sp³-hybridized carbons (Fsp3) is 0.250. The minimum atomic E-state index is -3.46. The lowest BCUT2D eigenvalue weighted by Gasteiger charge is -2.22. The molecule has 0 atom stereocenters. The van der Waals surface area contributed by atoms with E-state index in [0.29, 0.717) is 33.9 Å². The highest BCUT2D eigenvalue weighted by atomic mass is 32.2. The smallest absolute Gasteiger partial charge is 0.339 e. The molecule has 0 aliphatic rings. The van der Waals surface area contributed by atoms with E-state index < -0.39 is 26.0 Å². The Bertz CT molecular complexity index is 1740. The Balaban J connectivity index is 0.000000250. The molecule has 46 heavy (non-hydrogen) atoms. The number of pyridine rings is 2. The first kappa shape index (κ1) is 35.8. The zero-order valence-electron chi connectivity index (χ0n) is 26.2. The molecule has 0 spiro atoms. The van der Waals surface area contributed by atoms with Gasteiger partial charge in [-0.25, -0.2) is 21.6 Å². The van der Waals surface area contributed by atoms with Crippen molar-refractivity contribution in [2.75, 3.05) is 34.8 Å². The average molecular weight is 668 g/mol. The van der Waals surface area contributed by atoms with Gasteiger partial charge in [0, 0.05) is 18.0 Å². The van der Waals surface area contributed by atoms with Gasteiger partial charge in [0.05, 0.1) is 67.6 Å². The zero-order valence-corrected chi connectivity index (χ0v) is 27.9. The number of Topliss-reactive ketones (excluding diaryl/α,β-unsaturated/α-hetero) is 1. The van der Waals surface area contributed by atoms with Gasteiger partial charge in [-0.1, -0.05) is 24.3 Å². The number of carbonyl (C=O) groups is 2. The number of hydrogen-bond acceptors (Lipinski definition) is 10. The molecule has 4 aromatic rings. The van der Waals surface area contributed by atoms with Gasteiger partial charge in [-0.3, -0.25) is 23.4 Å². The van der Waals surface area contributed by atoms with Crippen molar-refractivity contribution in [2.24, 2.45) is 5.73 Å². The van der Waals surface area contributed by atoms with Crippen molar-refractivity contribution in [1.82, 2.24) is 9.97 Å². The summed E-state index contributed by atoms with van der Waals surface area (Å²) in [6, 6.07) is 20.9. The third kappa shape index (κ3) is 10.2. The molecule has 0 fully saturated rings. The molecule has 0 bridgehead atoms. The van der Waals surface area contributed by atoms with Crippen LogP contribution in [0.15, 0.2) is 85.2 Å². The van der Waals surface area contributed by atoms with Crippen molar-refractivity contribution in [3.8, 4) is 0 Å². The average Bonchev–Trinajstić information content (AvgIpc) is 3.01. The summed E-state index contributed by atoms with van der Waals surface area (Å²) < 4.78 is 55.6. The number of ketones is 1. The molecule has 2 aromatic carbocycles. The molecule has 0 unspecified atom stereocenters. The van der Waals surface area contributed by atoms with E-state index in [1.165, 1.54) is 28.1 Å². The number of rotatable bonds is 11. The van der Waals surface area contributed by atoms with E-state index in [1.54, 1.807) is 60.7 Å². The first-order valence-electron chi connectivity index (χ1n) is 13.9. The fourth-order valence-electron chi connectivity index (χ4n) is 4.22. The van der Waals surface area contributed by atoms with Gasteiger partial charge in [-0.15, -0.1) is 0 Å². The molecule has 2 aromatic heterocycles. The van der Waals surface area contributed by atoms with Crippen LogP contribution in [0, 0.1) is 13.8 Å². The Kier molecular flexibility index (Phi) is 12.1. The standard InChI is InChI=1S/C16H19N3O3S.C16H18N2O4S/c1-12-4-3-5-15(8-12)19(23(2,21)22)11-14-7-6-13(10-18-14)16(20)9-17;1-12-5-4-6-15(9-12)18(23(3,20)21)11-14-8-7-13(10-17-14)16(19)22-2/h3-8,10H,9,11,17H2,1-2H3;4-10H,11H2,1-3H3. The molecule has 0 saturated heterocycles. The van der Waals surface area contributed by atoms with Crippen molar-refractivity contribution in [1.29, 1.82) is 0 Å². The number of nitrogens with two attached hydrogens (primary N) is 1. The molecule has 0 aliphatic heterocycles. The molecule has 0 saturated carbocycles. The predicted octanol–water partition coefficient (Wildman–Crippen LogP) is 3.64. The fourth-order valence-corrected chi connectivity index (χ4v) is 5.94.